The van der Waals surface area contributed by atoms with Crippen LogP contribution in [0.25, 0.3) is 0 Å². The first-order valence-electron chi connectivity index (χ1n) is 6.52. The van der Waals surface area contributed by atoms with Gasteiger partial charge in [-0.05, 0) is 13.8 Å². The Bertz CT molecular complexity index is 560. The lowest BCUT2D eigenvalue weighted by molar-refractivity contribution is 0.771. The van der Waals surface area contributed by atoms with E-state index in [0.29, 0.717) is 0 Å². The molecular formula is C13H20N6. The molecule has 0 radical (unpaired) electrons. The van der Waals surface area contributed by atoms with Crippen molar-refractivity contribution in [2.75, 3.05) is 17.2 Å². The third-order valence-corrected chi connectivity index (χ3v) is 2.81. The summed E-state index contributed by atoms with van der Waals surface area (Å²) < 4.78 is 1.75. The number of nitrogens with zero attached hydrogens (tertiary/aromatic N) is 4. The van der Waals surface area contributed by atoms with Crippen molar-refractivity contribution >= 4 is 17.5 Å². The van der Waals surface area contributed by atoms with Crippen LogP contribution in [0.5, 0.6) is 0 Å². The van der Waals surface area contributed by atoms with Gasteiger partial charge in [-0.1, -0.05) is 6.92 Å². The molecule has 2 rings (SSSR count). The summed E-state index contributed by atoms with van der Waals surface area (Å²) in [5, 5.41) is 10.8. The normalized spacial score (nSPS) is 10.5. The van der Waals surface area contributed by atoms with Gasteiger partial charge in [0.2, 0.25) is 0 Å². The Morgan fingerprint density at radius 2 is 1.95 bits per heavy atom. The predicted octanol–water partition coefficient (Wildman–Crippen LogP) is 2.26. The number of nitrogens with one attached hydrogen (secondary N) is 2. The molecule has 0 bridgehead atoms. The predicted molar refractivity (Wildman–Crippen MR) is 76.8 cm³/mol. The van der Waals surface area contributed by atoms with Crippen LogP contribution in [-0.2, 0) is 13.5 Å². The van der Waals surface area contributed by atoms with Gasteiger partial charge in [-0.3, -0.25) is 4.68 Å². The molecule has 6 heteroatoms. The summed E-state index contributed by atoms with van der Waals surface area (Å²) in [4.78, 5) is 9.03. The highest BCUT2D eigenvalue weighted by Crippen LogP contribution is 2.22. The lowest BCUT2D eigenvalue weighted by Crippen LogP contribution is -2.09. The molecule has 0 aliphatic rings. The second-order valence-electron chi connectivity index (χ2n) is 4.35. The Labute approximate surface area is 113 Å². The molecule has 102 valence electrons. The van der Waals surface area contributed by atoms with E-state index >= 15 is 0 Å². The van der Waals surface area contributed by atoms with Gasteiger partial charge in [-0.15, -0.1) is 0 Å². The lowest BCUT2D eigenvalue weighted by Gasteiger charge is -2.13. The molecule has 0 saturated heterocycles. The van der Waals surface area contributed by atoms with Crippen molar-refractivity contribution in [1.82, 2.24) is 19.7 Å². The van der Waals surface area contributed by atoms with Gasteiger partial charge in [0, 0.05) is 37.8 Å². The number of rotatable bonds is 5. The Balaban J connectivity index is 2.35. The van der Waals surface area contributed by atoms with E-state index in [1.807, 2.05) is 33.2 Å². The summed E-state index contributed by atoms with van der Waals surface area (Å²) in [5.74, 6) is 3.29. The summed E-state index contributed by atoms with van der Waals surface area (Å²) in [7, 11) is 1.89. The minimum Gasteiger partial charge on any atom is -0.370 e. The zero-order valence-electron chi connectivity index (χ0n) is 11.9. The van der Waals surface area contributed by atoms with Gasteiger partial charge >= 0.3 is 0 Å². The fourth-order valence-electron chi connectivity index (χ4n) is 1.79. The molecule has 0 fully saturated rings. The third kappa shape index (κ3) is 3.01. The van der Waals surface area contributed by atoms with Crippen molar-refractivity contribution in [3.05, 3.63) is 23.7 Å². The minimum atomic E-state index is 0.786. The zero-order chi connectivity index (χ0) is 13.8. The molecular weight excluding hydrogens is 240 g/mol. The summed E-state index contributed by atoms with van der Waals surface area (Å²) in [5.41, 5.74) is 1.00. The summed E-state index contributed by atoms with van der Waals surface area (Å²) in [6, 6.07) is 1.92. The van der Waals surface area contributed by atoms with Crippen LogP contribution >= 0.6 is 0 Å². The highest BCUT2D eigenvalue weighted by atomic mass is 15.3. The summed E-state index contributed by atoms with van der Waals surface area (Å²) >= 11 is 0. The van der Waals surface area contributed by atoms with Crippen LogP contribution in [-0.4, -0.2) is 26.3 Å². The van der Waals surface area contributed by atoms with Crippen molar-refractivity contribution < 1.29 is 0 Å². The van der Waals surface area contributed by atoms with Crippen LogP contribution in [0.1, 0.15) is 25.2 Å². The lowest BCUT2D eigenvalue weighted by atomic mass is 10.3. The van der Waals surface area contributed by atoms with Crippen LogP contribution < -0.4 is 10.6 Å². The van der Waals surface area contributed by atoms with Gasteiger partial charge in [0.05, 0.1) is 0 Å². The second kappa shape index (κ2) is 5.69. The van der Waals surface area contributed by atoms with Crippen LogP contribution in [0.15, 0.2) is 12.3 Å². The fourth-order valence-corrected chi connectivity index (χ4v) is 1.79. The number of hydrogen-bond donors (Lipinski definition) is 2. The van der Waals surface area contributed by atoms with Crippen molar-refractivity contribution in [3.63, 3.8) is 0 Å². The van der Waals surface area contributed by atoms with Crippen LogP contribution in [0.3, 0.4) is 0 Å². The van der Waals surface area contributed by atoms with Crippen LogP contribution in [0, 0.1) is 6.92 Å². The smallest absolute Gasteiger partial charge is 0.153 e. The van der Waals surface area contributed by atoms with E-state index in [-0.39, 0.29) is 0 Å². The Kier molecular flexibility index (Phi) is 3.99. The van der Waals surface area contributed by atoms with Crippen molar-refractivity contribution in [3.8, 4) is 0 Å². The Morgan fingerprint density at radius 3 is 2.53 bits per heavy atom. The molecule has 0 unspecified atom stereocenters. The van der Waals surface area contributed by atoms with E-state index < -0.39 is 0 Å². The molecule has 2 heterocycles. The fraction of sp³-hybridized carbons (Fsp3) is 0.462. The molecule has 2 N–H and O–H groups in total. The number of aromatic nitrogens is 4. The molecule has 0 amide bonds. The van der Waals surface area contributed by atoms with E-state index in [4.69, 9.17) is 0 Å². The largest absolute Gasteiger partial charge is 0.370 e. The molecule has 0 aliphatic heterocycles. The molecule has 2 aromatic rings. The number of aryl methyl sites for hydroxylation is 2. The van der Waals surface area contributed by atoms with Gasteiger partial charge in [0.15, 0.2) is 5.82 Å². The summed E-state index contributed by atoms with van der Waals surface area (Å²) in [6.07, 6.45) is 2.69. The average Bonchev–Trinajstić information content (AvgIpc) is 2.80. The zero-order valence-corrected chi connectivity index (χ0v) is 11.9. The topological polar surface area (TPSA) is 67.7 Å². The third-order valence-electron chi connectivity index (χ3n) is 2.81. The van der Waals surface area contributed by atoms with Gasteiger partial charge < -0.3 is 10.6 Å². The van der Waals surface area contributed by atoms with Gasteiger partial charge in [0.25, 0.3) is 0 Å². The highest BCUT2D eigenvalue weighted by Gasteiger charge is 2.10. The number of anilines is 3. The number of hydrogen-bond acceptors (Lipinski definition) is 5. The molecule has 19 heavy (non-hydrogen) atoms. The summed E-state index contributed by atoms with van der Waals surface area (Å²) in [6.45, 7) is 6.94. The first-order chi connectivity index (χ1) is 9.13. The Hall–Kier alpha value is -2.11. The standard InChI is InChI=1S/C13H20N6/c1-5-10-15-12(14-6-2)9(3)13(16-10)17-11-7-8-19(4)18-11/h7-8H,5-6H2,1-4H3,(H2,14,15,16,17,18). The minimum absolute atomic E-state index is 0.786. The maximum atomic E-state index is 4.53. The molecule has 0 atom stereocenters. The first kappa shape index (κ1) is 13.3. The molecule has 0 spiro atoms. The highest BCUT2D eigenvalue weighted by molar-refractivity contribution is 5.62. The maximum absolute atomic E-state index is 4.53. The van der Waals surface area contributed by atoms with Crippen LogP contribution in [0.4, 0.5) is 17.5 Å². The van der Waals surface area contributed by atoms with E-state index in [0.717, 1.165) is 41.8 Å². The quantitative estimate of drug-likeness (QED) is 0.863. The SMILES string of the molecule is CCNc1nc(CC)nc(Nc2ccn(C)n2)c1C. The second-order valence-corrected chi connectivity index (χ2v) is 4.35. The molecule has 0 aliphatic carbocycles. The van der Waals surface area contributed by atoms with E-state index in [1.54, 1.807) is 4.68 Å². The molecule has 0 saturated carbocycles. The van der Waals surface area contributed by atoms with Crippen molar-refractivity contribution in [2.24, 2.45) is 7.05 Å². The molecule has 6 nitrogen and oxygen atoms in total. The first-order valence-corrected chi connectivity index (χ1v) is 6.52. The van der Waals surface area contributed by atoms with E-state index in [1.165, 1.54) is 0 Å². The van der Waals surface area contributed by atoms with Gasteiger partial charge in [0.1, 0.15) is 17.5 Å². The van der Waals surface area contributed by atoms with Gasteiger partial charge in [-0.25, -0.2) is 9.97 Å². The maximum Gasteiger partial charge on any atom is 0.153 e. The monoisotopic (exact) mass is 260 g/mol. The molecule has 2 aromatic heterocycles. The van der Waals surface area contributed by atoms with Crippen LogP contribution in [0.2, 0.25) is 0 Å². The van der Waals surface area contributed by atoms with Crippen molar-refractivity contribution in [1.29, 1.82) is 0 Å². The van der Waals surface area contributed by atoms with Crippen molar-refractivity contribution in [2.45, 2.75) is 27.2 Å². The Morgan fingerprint density at radius 1 is 1.21 bits per heavy atom. The average molecular weight is 260 g/mol. The molecule has 0 aromatic carbocycles. The van der Waals surface area contributed by atoms with E-state index in [2.05, 4.69) is 32.6 Å². The van der Waals surface area contributed by atoms with Gasteiger partial charge in [-0.2, -0.15) is 5.10 Å². The van der Waals surface area contributed by atoms with E-state index in [9.17, 15) is 0 Å².